The van der Waals surface area contributed by atoms with Gasteiger partial charge < -0.3 is 14.3 Å². The summed E-state index contributed by atoms with van der Waals surface area (Å²) >= 11 is 0. The van der Waals surface area contributed by atoms with E-state index in [4.69, 9.17) is 4.42 Å². The van der Waals surface area contributed by atoms with Gasteiger partial charge in [-0.15, -0.1) is 0 Å². The Balaban J connectivity index is 1.83. The number of hydrogen-bond donors (Lipinski definition) is 1. The van der Waals surface area contributed by atoms with Gasteiger partial charge in [0, 0.05) is 30.0 Å². The zero-order valence-corrected chi connectivity index (χ0v) is 15.1. The van der Waals surface area contributed by atoms with E-state index in [-0.39, 0.29) is 6.04 Å². The molecule has 0 amide bonds. The lowest BCUT2D eigenvalue weighted by Gasteiger charge is -2.15. The van der Waals surface area contributed by atoms with E-state index < -0.39 is 0 Å². The number of rotatable bonds is 6. The highest BCUT2D eigenvalue weighted by Gasteiger charge is 2.16. The molecule has 1 N–H and O–H groups in total. The lowest BCUT2D eigenvalue weighted by Crippen LogP contribution is -2.18. The molecule has 0 aliphatic carbocycles. The van der Waals surface area contributed by atoms with Gasteiger partial charge in [0.2, 0.25) is 0 Å². The van der Waals surface area contributed by atoms with Crippen molar-refractivity contribution in [2.24, 2.45) is 0 Å². The van der Waals surface area contributed by atoms with Crippen LogP contribution in [-0.4, -0.2) is 14.3 Å². The van der Waals surface area contributed by atoms with Crippen LogP contribution in [-0.2, 0) is 6.54 Å². The van der Waals surface area contributed by atoms with E-state index >= 15 is 0 Å². The molecule has 0 spiro atoms. The molecule has 24 heavy (non-hydrogen) atoms. The third kappa shape index (κ3) is 3.04. The molecule has 0 bridgehead atoms. The number of nitrogens with zero attached hydrogens (tertiary/aromatic N) is 3. The van der Waals surface area contributed by atoms with Gasteiger partial charge in [0.1, 0.15) is 11.6 Å². The lowest BCUT2D eigenvalue weighted by molar-refractivity contribution is 0.430. The van der Waals surface area contributed by atoms with Crippen LogP contribution in [0.15, 0.2) is 41.1 Å². The average Bonchev–Trinajstić information content (AvgIpc) is 3.25. The summed E-state index contributed by atoms with van der Waals surface area (Å²) < 4.78 is 9.80. The fraction of sp³-hybridized carbons (Fsp3) is 0.421. The van der Waals surface area contributed by atoms with Crippen molar-refractivity contribution in [2.45, 2.75) is 53.2 Å². The maximum Gasteiger partial charge on any atom is 0.135 e. The summed E-state index contributed by atoms with van der Waals surface area (Å²) in [6.45, 7) is 11.5. The normalized spacial score (nSPS) is 12.9. The van der Waals surface area contributed by atoms with Crippen LogP contribution in [0.25, 0.3) is 5.82 Å². The van der Waals surface area contributed by atoms with Gasteiger partial charge in [-0.1, -0.05) is 0 Å². The Morgan fingerprint density at radius 2 is 2.00 bits per heavy atom. The standard InChI is InChI=1S/C19H26N4O/c1-13(2)23-19(8-9-21-23)22-14(3)11-17(16(22)5)12-20-15(4)18-7-6-10-24-18/h6-11,13,15,20H,12H2,1-5H3. The minimum Gasteiger partial charge on any atom is -0.468 e. The summed E-state index contributed by atoms with van der Waals surface area (Å²) in [5.41, 5.74) is 3.76. The van der Waals surface area contributed by atoms with Gasteiger partial charge in [-0.05, 0) is 58.4 Å². The van der Waals surface area contributed by atoms with Crippen molar-refractivity contribution in [3.8, 4) is 5.82 Å². The number of aryl methyl sites for hydroxylation is 1. The first-order valence-electron chi connectivity index (χ1n) is 8.47. The predicted octanol–water partition coefficient (Wildman–Crippen LogP) is 4.32. The first kappa shape index (κ1) is 16.6. The summed E-state index contributed by atoms with van der Waals surface area (Å²) in [7, 11) is 0. The van der Waals surface area contributed by atoms with E-state index in [0.29, 0.717) is 6.04 Å². The molecule has 0 saturated heterocycles. The summed E-state index contributed by atoms with van der Waals surface area (Å²) in [4.78, 5) is 0. The first-order valence-corrected chi connectivity index (χ1v) is 8.47. The second-order valence-electron chi connectivity index (χ2n) is 6.58. The van der Waals surface area contributed by atoms with E-state index in [1.807, 2.05) is 18.3 Å². The molecule has 0 radical (unpaired) electrons. The highest BCUT2D eigenvalue weighted by Crippen LogP contribution is 2.23. The second kappa shape index (κ2) is 6.69. The van der Waals surface area contributed by atoms with Crippen LogP contribution >= 0.6 is 0 Å². The summed E-state index contributed by atoms with van der Waals surface area (Å²) in [5, 5.41) is 8.00. The van der Waals surface area contributed by atoms with Gasteiger partial charge in [0.05, 0.1) is 18.5 Å². The molecule has 0 saturated carbocycles. The average molecular weight is 326 g/mol. The molecule has 0 aliphatic rings. The van der Waals surface area contributed by atoms with Crippen molar-refractivity contribution in [2.75, 3.05) is 0 Å². The Bertz CT molecular complexity index is 796. The molecule has 1 atom stereocenters. The van der Waals surface area contributed by atoms with Crippen LogP contribution in [0.3, 0.4) is 0 Å². The van der Waals surface area contributed by atoms with E-state index in [0.717, 1.165) is 18.1 Å². The molecule has 128 valence electrons. The largest absolute Gasteiger partial charge is 0.468 e. The van der Waals surface area contributed by atoms with E-state index in [9.17, 15) is 0 Å². The maximum atomic E-state index is 5.46. The van der Waals surface area contributed by atoms with E-state index in [1.54, 1.807) is 6.26 Å². The molecule has 0 fully saturated rings. The summed E-state index contributed by atoms with van der Waals surface area (Å²) in [6, 6.07) is 8.76. The molecule has 0 aromatic carbocycles. The Hall–Kier alpha value is -2.27. The number of hydrogen-bond acceptors (Lipinski definition) is 3. The number of nitrogens with one attached hydrogen (secondary N) is 1. The highest BCUT2D eigenvalue weighted by molar-refractivity contribution is 5.37. The summed E-state index contributed by atoms with van der Waals surface area (Å²) in [5.74, 6) is 2.08. The molecular weight excluding hydrogens is 300 g/mol. The third-order valence-electron chi connectivity index (χ3n) is 4.47. The van der Waals surface area contributed by atoms with Gasteiger partial charge in [-0.25, -0.2) is 4.68 Å². The minimum atomic E-state index is 0.184. The van der Waals surface area contributed by atoms with Crippen molar-refractivity contribution in [3.05, 3.63) is 59.4 Å². The van der Waals surface area contributed by atoms with Crippen LogP contribution in [0.1, 0.15) is 55.6 Å². The molecular formula is C19H26N4O. The molecule has 0 aliphatic heterocycles. The molecule has 5 nitrogen and oxygen atoms in total. The van der Waals surface area contributed by atoms with Crippen LogP contribution in [0.2, 0.25) is 0 Å². The van der Waals surface area contributed by atoms with E-state index in [2.05, 4.69) is 66.4 Å². The quantitative estimate of drug-likeness (QED) is 0.734. The Kier molecular flexibility index (Phi) is 4.62. The Morgan fingerprint density at radius 3 is 2.67 bits per heavy atom. The van der Waals surface area contributed by atoms with Gasteiger partial charge in [0.15, 0.2) is 0 Å². The van der Waals surface area contributed by atoms with Gasteiger partial charge in [0.25, 0.3) is 0 Å². The predicted molar refractivity (Wildman–Crippen MR) is 95.4 cm³/mol. The van der Waals surface area contributed by atoms with Crippen LogP contribution < -0.4 is 5.32 Å². The van der Waals surface area contributed by atoms with E-state index in [1.165, 1.54) is 17.0 Å². The maximum absolute atomic E-state index is 5.46. The van der Waals surface area contributed by atoms with Crippen molar-refractivity contribution in [3.63, 3.8) is 0 Å². The molecule has 3 heterocycles. The molecule has 3 rings (SSSR count). The molecule has 3 aromatic rings. The molecule has 1 unspecified atom stereocenters. The van der Waals surface area contributed by atoms with Gasteiger partial charge in [-0.2, -0.15) is 5.10 Å². The van der Waals surface area contributed by atoms with Crippen molar-refractivity contribution >= 4 is 0 Å². The first-order chi connectivity index (χ1) is 11.5. The second-order valence-corrected chi connectivity index (χ2v) is 6.58. The summed E-state index contributed by atoms with van der Waals surface area (Å²) in [6.07, 6.45) is 3.58. The fourth-order valence-corrected chi connectivity index (χ4v) is 3.14. The lowest BCUT2D eigenvalue weighted by atomic mass is 10.2. The monoisotopic (exact) mass is 326 g/mol. The third-order valence-corrected chi connectivity index (χ3v) is 4.47. The van der Waals surface area contributed by atoms with Crippen LogP contribution in [0.4, 0.5) is 0 Å². The Labute approximate surface area is 143 Å². The van der Waals surface area contributed by atoms with Crippen molar-refractivity contribution in [1.29, 1.82) is 0 Å². The highest BCUT2D eigenvalue weighted by atomic mass is 16.3. The van der Waals surface area contributed by atoms with Crippen molar-refractivity contribution < 1.29 is 4.42 Å². The fourth-order valence-electron chi connectivity index (χ4n) is 3.14. The zero-order valence-electron chi connectivity index (χ0n) is 15.1. The van der Waals surface area contributed by atoms with Crippen LogP contribution in [0, 0.1) is 13.8 Å². The van der Waals surface area contributed by atoms with Gasteiger partial charge >= 0.3 is 0 Å². The molecule has 3 aromatic heterocycles. The Morgan fingerprint density at radius 1 is 1.21 bits per heavy atom. The number of aromatic nitrogens is 3. The van der Waals surface area contributed by atoms with Crippen LogP contribution in [0.5, 0.6) is 0 Å². The zero-order chi connectivity index (χ0) is 17.3. The number of furan rings is 1. The minimum absolute atomic E-state index is 0.184. The smallest absolute Gasteiger partial charge is 0.135 e. The van der Waals surface area contributed by atoms with Gasteiger partial charge in [-0.3, -0.25) is 0 Å². The van der Waals surface area contributed by atoms with Crippen molar-refractivity contribution in [1.82, 2.24) is 19.7 Å². The molecule has 5 heteroatoms. The topological polar surface area (TPSA) is 47.9 Å². The SMILES string of the molecule is Cc1cc(CNC(C)c2ccco2)c(C)n1-c1ccnn1C(C)C.